The number of methoxy groups -OCH3 is 2. The Labute approximate surface area is 129 Å². The lowest BCUT2D eigenvalue weighted by Gasteiger charge is -2.17. The molecule has 2 rings (SSSR count). The van der Waals surface area contributed by atoms with Crippen LogP contribution in [0.2, 0.25) is 0 Å². The molecule has 2 unspecified atom stereocenters. The van der Waals surface area contributed by atoms with E-state index in [0.717, 1.165) is 22.6 Å². The molecule has 2 atom stereocenters. The van der Waals surface area contributed by atoms with E-state index in [1.165, 1.54) is 0 Å². The summed E-state index contributed by atoms with van der Waals surface area (Å²) >= 11 is 12.9. The minimum absolute atomic E-state index is 0.309. The van der Waals surface area contributed by atoms with Crippen LogP contribution in [-0.2, 0) is 0 Å². The van der Waals surface area contributed by atoms with Crippen molar-refractivity contribution in [2.75, 3.05) is 14.2 Å². The first-order valence-corrected chi connectivity index (χ1v) is 7.09. The molecule has 0 fully saturated rings. The Morgan fingerprint density at radius 3 is 1.20 bits per heavy atom. The van der Waals surface area contributed by atoms with Crippen molar-refractivity contribution in [3.05, 3.63) is 59.7 Å². The number of hydrogen-bond donors (Lipinski definition) is 0. The minimum Gasteiger partial charge on any atom is -0.497 e. The van der Waals surface area contributed by atoms with Crippen LogP contribution in [0.5, 0.6) is 11.5 Å². The average molecular weight is 311 g/mol. The molecule has 0 amide bonds. The SMILES string of the molecule is COc1ccc(C(Cl)C(Cl)c2ccc(OC)cc2)cc1. The lowest BCUT2D eigenvalue weighted by molar-refractivity contribution is 0.414. The molecule has 0 radical (unpaired) electrons. The summed E-state index contributed by atoms with van der Waals surface area (Å²) in [7, 11) is 3.27. The first-order valence-electron chi connectivity index (χ1n) is 6.21. The van der Waals surface area contributed by atoms with Gasteiger partial charge in [0.15, 0.2) is 0 Å². The molecule has 0 aliphatic heterocycles. The predicted molar refractivity (Wildman–Crippen MR) is 83.2 cm³/mol. The largest absolute Gasteiger partial charge is 0.497 e. The first kappa shape index (κ1) is 15.0. The highest BCUT2D eigenvalue weighted by Gasteiger charge is 2.20. The summed E-state index contributed by atoms with van der Waals surface area (Å²) in [6.45, 7) is 0. The maximum absolute atomic E-state index is 6.46. The summed E-state index contributed by atoms with van der Waals surface area (Å²) < 4.78 is 10.3. The Hall–Kier alpha value is -1.38. The van der Waals surface area contributed by atoms with Crippen molar-refractivity contribution in [1.82, 2.24) is 0 Å². The highest BCUT2D eigenvalue weighted by molar-refractivity contribution is 6.30. The van der Waals surface area contributed by atoms with Crippen molar-refractivity contribution in [3.63, 3.8) is 0 Å². The van der Waals surface area contributed by atoms with Gasteiger partial charge >= 0.3 is 0 Å². The fourth-order valence-electron chi connectivity index (χ4n) is 1.91. The first-order chi connectivity index (χ1) is 9.65. The van der Waals surface area contributed by atoms with E-state index in [9.17, 15) is 0 Å². The van der Waals surface area contributed by atoms with Gasteiger partial charge in [0.2, 0.25) is 0 Å². The van der Waals surface area contributed by atoms with Crippen LogP contribution in [-0.4, -0.2) is 14.2 Å². The molecule has 2 nitrogen and oxygen atoms in total. The topological polar surface area (TPSA) is 18.5 Å². The number of hydrogen-bond acceptors (Lipinski definition) is 2. The van der Waals surface area contributed by atoms with Gasteiger partial charge in [-0.15, -0.1) is 23.2 Å². The Morgan fingerprint density at radius 2 is 0.950 bits per heavy atom. The molecule has 20 heavy (non-hydrogen) atoms. The van der Waals surface area contributed by atoms with Crippen LogP contribution in [0, 0.1) is 0 Å². The zero-order chi connectivity index (χ0) is 14.5. The van der Waals surface area contributed by atoms with Gasteiger partial charge in [-0.05, 0) is 35.4 Å². The fraction of sp³-hybridized carbons (Fsp3) is 0.250. The van der Waals surface area contributed by atoms with E-state index >= 15 is 0 Å². The van der Waals surface area contributed by atoms with E-state index in [2.05, 4.69) is 0 Å². The molecule has 0 bridgehead atoms. The normalized spacial score (nSPS) is 13.6. The van der Waals surface area contributed by atoms with Crippen molar-refractivity contribution >= 4 is 23.2 Å². The Balaban J connectivity index is 2.15. The number of ether oxygens (including phenoxy) is 2. The van der Waals surface area contributed by atoms with Crippen molar-refractivity contribution in [1.29, 1.82) is 0 Å². The Kier molecular flexibility index (Phi) is 5.16. The molecule has 0 spiro atoms. The van der Waals surface area contributed by atoms with Crippen LogP contribution < -0.4 is 9.47 Å². The molecule has 0 saturated carbocycles. The highest BCUT2D eigenvalue weighted by atomic mass is 35.5. The lowest BCUT2D eigenvalue weighted by atomic mass is 10.0. The zero-order valence-corrected chi connectivity index (χ0v) is 12.9. The summed E-state index contributed by atoms with van der Waals surface area (Å²) in [5, 5.41) is -0.619. The van der Waals surface area contributed by atoms with Crippen molar-refractivity contribution in [3.8, 4) is 11.5 Å². The molecule has 4 heteroatoms. The molecule has 0 aliphatic carbocycles. The summed E-state index contributed by atoms with van der Waals surface area (Å²) in [6, 6.07) is 15.2. The van der Waals surface area contributed by atoms with Crippen LogP contribution in [0.15, 0.2) is 48.5 Å². The highest BCUT2D eigenvalue weighted by Crippen LogP contribution is 2.40. The predicted octanol–water partition coefficient (Wildman–Crippen LogP) is 4.96. The van der Waals surface area contributed by atoms with Crippen LogP contribution in [0.3, 0.4) is 0 Å². The van der Waals surface area contributed by atoms with Gasteiger partial charge < -0.3 is 9.47 Å². The van der Waals surface area contributed by atoms with Crippen LogP contribution >= 0.6 is 23.2 Å². The standard InChI is InChI=1S/C16H16Cl2O2/c1-19-13-7-3-11(4-8-13)15(17)16(18)12-5-9-14(20-2)10-6-12/h3-10,15-16H,1-2H3. The monoisotopic (exact) mass is 310 g/mol. The molecule has 0 aromatic heterocycles. The number of alkyl halides is 2. The number of rotatable bonds is 5. The molecule has 2 aromatic rings. The van der Waals surface area contributed by atoms with Crippen molar-refractivity contribution in [2.24, 2.45) is 0 Å². The van der Waals surface area contributed by atoms with Gasteiger partial charge in [-0.25, -0.2) is 0 Å². The van der Waals surface area contributed by atoms with E-state index in [1.807, 2.05) is 48.5 Å². The molecule has 0 aliphatic rings. The van der Waals surface area contributed by atoms with Gasteiger partial charge in [0.25, 0.3) is 0 Å². The fourth-order valence-corrected chi connectivity index (χ4v) is 2.50. The van der Waals surface area contributed by atoms with Gasteiger partial charge in [-0.1, -0.05) is 24.3 Å². The Bertz CT molecular complexity index is 486. The second-order valence-electron chi connectivity index (χ2n) is 4.35. The van der Waals surface area contributed by atoms with Gasteiger partial charge in [0.05, 0.1) is 25.0 Å². The molecular weight excluding hydrogens is 295 g/mol. The zero-order valence-electron chi connectivity index (χ0n) is 11.3. The van der Waals surface area contributed by atoms with Gasteiger partial charge in [0, 0.05) is 0 Å². The smallest absolute Gasteiger partial charge is 0.118 e. The maximum Gasteiger partial charge on any atom is 0.118 e. The molecule has 106 valence electrons. The van der Waals surface area contributed by atoms with Gasteiger partial charge in [0.1, 0.15) is 11.5 Å². The number of benzene rings is 2. The van der Waals surface area contributed by atoms with Crippen LogP contribution in [0.1, 0.15) is 21.9 Å². The van der Waals surface area contributed by atoms with Crippen LogP contribution in [0.4, 0.5) is 0 Å². The van der Waals surface area contributed by atoms with Crippen molar-refractivity contribution < 1.29 is 9.47 Å². The summed E-state index contributed by atoms with van der Waals surface area (Å²) in [4.78, 5) is 0. The van der Waals surface area contributed by atoms with Crippen LogP contribution in [0.25, 0.3) is 0 Å². The second-order valence-corrected chi connectivity index (χ2v) is 5.29. The summed E-state index contributed by atoms with van der Waals surface area (Å²) in [6.07, 6.45) is 0. The van der Waals surface area contributed by atoms with E-state index < -0.39 is 0 Å². The third-order valence-electron chi connectivity index (χ3n) is 3.13. The number of halogens is 2. The van der Waals surface area contributed by atoms with E-state index in [4.69, 9.17) is 32.7 Å². The maximum atomic E-state index is 6.46. The molecule has 2 aromatic carbocycles. The Morgan fingerprint density at radius 1 is 0.650 bits per heavy atom. The van der Waals surface area contributed by atoms with E-state index in [0.29, 0.717) is 0 Å². The van der Waals surface area contributed by atoms with Crippen molar-refractivity contribution in [2.45, 2.75) is 10.8 Å². The van der Waals surface area contributed by atoms with Gasteiger partial charge in [-0.3, -0.25) is 0 Å². The lowest BCUT2D eigenvalue weighted by Crippen LogP contribution is -2.00. The quantitative estimate of drug-likeness (QED) is 0.726. The average Bonchev–Trinajstić information content (AvgIpc) is 2.53. The summed E-state index contributed by atoms with van der Waals surface area (Å²) in [5.41, 5.74) is 1.92. The van der Waals surface area contributed by atoms with E-state index in [1.54, 1.807) is 14.2 Å². The van der Waals surface area contributed by atoms with Gasteiger partial charge in [-0.2, -0.15) is 0 Å². The molecular formula is C16H16Cl2O2. The van der Waals surface area contributed by atoms with E-state index in [-0.39, 0.29) is 10.8 Å². The molecule has 0 saturated heterocycles. The third-order valence-corrected chi connectivity index (χ3v) is 4.26. The molecule has 0 heterocycles. The molecule has 0 N–H and O–H groups in total. The summed E-state index contributed by atoms with van der Waals surface area (Å²) in [5.74, 6) is 1.60. The minimum atomic E-state index is -0.309. The second kappa shape index (κ2) is 6.87. The third kappa shape index (κ3) is 3.38.